The number of ether oxygens (including phenoxy) is 4. The van der Waals surface area contributed by atoms with Gasteiger partial charge in [-0.2, -0.15) is 0 Å². The summed E-state index contributed by atoms with van der Waals surface area (Å²) in [7, 11) is 2.91. The standard InChI is InChI=1S/C18H14N2O3.C10H8N2O.C8H8O3.C2H6O/c1-12-8-14(16(11-19)20-2)10-15(23-12)6-4-13-5-7-17(21)18(9-13)22-3;1-7-4-9(5-8(2)13-7)10(6-11)12-3;1-11-8-4-6(5-9)2-3-7(8)10;1-2-3/h4-10,21H,1,3H3;4-5H,1-2H3;2-5,10H,1H3;3H,2H2,1H3/b6-4+,16-14+;;;. The highest BCUT2D eigenvalue weighted by Crippen LogP contribution is 2.28. The number of hydrogen-bond acceptors (Lipinski definition) is 10. The Morgan fingerprint density at radius 2 is 1.20 bits per heavy atom. The third kappa shape index (κ3) is 13.4. The zero-order valence-electron chi connectivity index (χ0n) is 28.4. The summed E-state index contributed by atoms with van der Waals surface area (Å²) in [5, 5.41) is 43.8. The molecule has 3 N–H and O–H groups in total. The second-order valence-corrected chi connectivity index (χ2v) is 9.70. The largest absolute Gasteiger partial charge is 0.504 e. The normalized spacial score (nSPS) is 13.5. The molecule has 2 aliphatic rings. The average molecular weight is 677 g/mol. The number of phenolic OH excluding ortho intramolecular Hbond substituents is 2. The van der Waals surface area contributed by atoms with Crippen LogP contribution >= 0.6 is 0 Å². The number of aldehydes is 1. The van der Waals surface area contributed by atoms with Crippen LogP contribution in [0, 0.1) is 35.8 Å². The van der Waals surface area contributed by atoms with Crippen LogP contribution in [0.25, 0.3) is 15.8 Å². The molecule has 0 atom stereocenters. The van der Waals surface area contributed by atoms with Crippen molar-refractivity contribution in [2.75, 3.05) is 20.8 Å². The van der Waals surface area contributed by atoms with Gasteiger partial charge in [0.05, 0.1) is 51.0 Å². The Balaban J connectivity index is 0.000000391. The molecular weight excluding hydrogens is 640 g/mol. The molecule has 0 amide bonds. The summed E-state index contributed by atoms with van der Waals surface area (Å²) in [4.78, 5) is 16.6. The van der Waals surface area contributed by atoms with Gasteiger partial charge in [0.2, 0.25) is 0 Å². The molecule has 2 aromatic rings. The Morgan fingerprint density at radius 1 is 0.780 bits per heavy atom. The van der Waals surface area contributed by atoms with Crippen LogP contribution in [0.3, 0.4) is 0 Å². The lowest BCUT2D eigenvalue weighted by Crippen LogP contribution is -1.96. The maximum atomic E-state index is 10.2. The Hall–Kier alpha value is -6.99. The van der Waals surface area contributed by atoms with Crippen molar-refractivity contribution in [3.8, 4) is 35.1 Å². The Kier molecular flexibility index (Phi) is 17.8. The fourth-order valence-electron chi connectivity index (χ4n) is 3.86. The average Bonchev–Trinajstić information content (AvgIpc) is 3.09. The lowest BCUT2D eigenvalue weighted by molar-refractivity contribution is 0.112. The predicted molar refractivity (Wildman–Crippen MR) is 187 cm³/mol. The van der Waals surface area contributed by atoms with E-state index in [1.807, 2.05) is 12.1 Å². The number of aromatic hydroxyl groups is 2. The first-order chi connectivity index (χ1) is 23.9. The Labute approximate surface area is 291 Å². The van der Waals surface area contributed by atoms with Crippen LogP contribution in [0.4, 0.5) is 0 Å². The number of nitrogens with zero attached hydrogens (tertiary/aromatic N) is 4. The first kappa shape index (κ1) is 41.0. The van der Waals surface area contributed by atoms with Gasteiger partial charge in [0.1, 0.15) is 17.8 Å². The van der Waals surface area contributed by atoms with E-state index in [9.17, 15) is 9.90 Å². The van der Waals surface area contributed by atoms with Crippen molar-refractivity contribution < 1.29 is 39.1 Å². The van der Waals surface area contributed by atoms with E-state index in [1.54, 1.807) is 76.3 Å². The summed E-state index contributed by atoms with van der Waals surface area (Å²) in [5.74, 6) is 3.32. The van der Waals surface area contributed by atoms with E-state index >= 15 is 0 Å². The summed E-state index contributed by atoms with van der Waals surface area (Å²) >= 11 is 0. The zero-order chi connectivity index (χ0) is 37.6. The van der Waals surface area contributed by atoms with Crippen LogP contribution in [-0.4, -0.2) is 42.4 Å². The highest BCUT2D eigenvalue weighted by molar-refractivity contribution is 5.76. The summed E-state index contributed by atoms with van der Waals surface area (Å²) < 4.78 is 20.6. The predicted octanol–water partition coefficient (Wildman–Crippen LogP) is 7.66. The van der Waals surface area contributed by atoms with Crippen LogP contribution in [-0.2, 0) is 9.47 Å². The third-order valence-corrected chi connectivity index (χ3v) is 5.94. The van der Waals surface area contributed by atoms with Crippen LogP contribution in [0.2, 0.25) is 0 Å². The maximum Gasteiger partial charge on any atom is 0.269 e. The third-order valence-electron chi connectivity index (χ3n) is 5.94. The number of carbonyl (C=O) groups is 1. The van der Waals surface area contributed by atoms with E-state index in [-0.39, 0.29) is 29.5 Å². The molecule has 2 aromatic carbocycles. The van der Waals surface area contributed by atoms with Crippen molar-refractivity contribution in [3.63, 3.8) is 0 Å². The van der Waals surface area contributed by atoms with Crippen molar-refractivity contribution in [1.29, 1.82) is 10.5 Å². The summed E-state index contributed by atoms with van der Waals surface area (Å²) in [6.07, 6.45) is 10.9. The molecular formula is C38H36N4O8. The number of carbonyl (C=O) groups excluding carboxylic acids is 1. The second kappa shape index (κ2) is 21.7. The second-order valence-electron chi connectivity index (χ2n) is 9.70. The summed E-state index contributed by atoms with van der Waals surface area (Å²) in [6.45, 7) is 21.1. The minimum atomic E-state index is 0.0184. The van der Waals surface area contributed by atoms with Crippen molar-refractivity contribution in [2.45, 2.75) is 27.7 Å². The summed E-state index contributed by atoms with van der Waals surface area (Å²) in [6, 6.07) is 13.1. The van der Waals surface area contributed by atoms with Crippen LogP contribution in [0.5, 0.6) is 23.0 Å². The fraction of sp³-hybridized carbons (Fsp3) is 0.184. The lowest BCUT2D eigenvalue weighted by Gasteiger charge is -2.13. The van der Waals surface area contributed by atoms with E-state index in [0.29, 0.717) is 57.5 Å². The number of allylic oxidation sites excluding steroid dienone is 12. The first-order valence-corrected chi connectivity index (χ1v) is 14.6. The topological polar surface area (TPSA) is 171 Å². The van der Waals surface area contributed by atoms with Crippen LogP contribution in [0.15, 0.2) is 112 Å². The summed E-state index contributed by atoms with van der Waals surface area (Å²) in [5.41, 5.74) is 2.56. The van der Waals surface area contributed by atoms with Crippen LogP contribution < -0.4 is 9.47 Å². The maximum absolute atomic E-state index is 10.2. The monoisotopic (exact) mass is 676 g/mol. The molecule has 2 aliphatic heterocycles. The molecule has 12 nitrogen and oxygen atoms in total. The minimum Gasteiger partial charge on any atom is -0.504 e. The van der Waals surface area contributed by atoms with Gasteiger partial charge in [-0.1, -0.05) is 12.1 Å². The molecule has 0 fully saturated rings. The van der Waals surface area contributed by atoms with Gasteiger partial charge in [-0.25, -0.2) is 20.2 Å². The van der Waals surface area contributed by atoms with Gasteiger partial charge < -0.3 is 34.3 Å². The van der Waals surface area contributed by atoms with Crippen molar-refractivity contribution in [3.05, 3.63) is 146 Å². The highest BCUT2D eigenvalue weighted by atomic mass is 16.5. The number of methoxy groups -OCH3 is 2. The van der Waals surface area contributed by atoms with E-state index in [1.165, 1.54) is 38.5 Å². The lowest BCUT2D eigenvalue weighted by atomic mass is 10.1. The SMILES string of the molecule is CCO.COc1cc(C=O)ccc1O.[C-]#[N+]/C(C#N)=C1\C=C(C)OC(/C=C/c2ccc(O)c(OC)c2)=C1.[C-]#[N+]C(C#N)=C1C=C(C)OC(C)=C1. The molecule has 4 rings (SSSR count). The Bertz CT molecular complexity index is 1880. The van der Waals surface area contributed by atoms with Gasteiger partial charge >= 0.3 is 0 Å². The number of aliphatic hydroxyl groups excluding tert-OH is 1. The fourth-order valence-corrected chi connectivity index (χ4v) is 3.86. The first-order valence-electron chi connectivity index (χ1n) is 14.6. The van der Waals surface area contributed by atoms with Gasteiger partial charge in [0.25, 0.3) is 11.4 Å². The number of nitriles is 2. The van der Waals surface area contributed by atoms with E-state index < -0.39 is 0 Å². The number of rotatable bonds is 5. The van der Waals surface area contributed by atoms with E-state index in [4.69, 9.17) is 52.8 Å². The highest BCUT2D eigenvalue weighted by Gasteiger charge is 2.11. The molecule has 0 spiro atoms. The van der Waals surface area contributed by atoms with Gasteiger partial charge in [-0.3, -0.25) is 4.79 Å². The van der Waals surface area contributed by atoms with Crippen LogP contribution in [0.1, 0.15) is 43.6 Å². The molecule has 0 aromatic heterocycles. The molecule has 2 heterocycles. The number of benzene rings is 2. The molecule has 0 saturated heterocycles. The van der Waals surface area contributed by atoms with E-state index in [2.05, 4.69) is 9.69 Å². The van der Waals surface area contributed by atoms with Gasteiger partial charge in [-0.15, -0.1) is 0 Å². The van der Waals surface area contributed by atoms with Gasteiger partial charge in [-0.05, 0) is 105 Å². The minimum absolute atomic E-state index is 0.0184. The number of phenols is 2. The van der Waals surface area contributed by atoms with Crippen molar-refractivity contribution >= 4 is 12.4 Å². The Morgan fingerprint density at radius 3 is 1.62 bits per heavy atom. The van der Waals surface area contributed by atoms with Crippen molar-refractivity contribution in [2.24, 2.45) is 0 Å². The quantitative estimate of drug-likeness (QED) is 0.162. The van der Waals surface area contributed by atoms with Crippen molar-refractivity contribution in [1.82, 2.24) is 0 Å². The smallest absolute Gasteiger partial charge is 0.269 e. The molecule has 12 heteroatoms. The number of aliphatic hydroxyl groups is 1. The molecule has 0 bridgehead atoms. The molecule has 50 heavy (non-hydrogen) atoms. The molecule has 0 radical (unpaired) electrons. The van der Waals surface area contributed by atoms with Gasteiger partial charge in [0.15, 0.2) is 23.0 Å². The molecule has 0 unspecified atom stereocenters. The molecule has 0 saturated carbocycles. The van der Waals surface area contributed by atoms with E-state index in [0.717, 1.165) is 5.56 Å². The van der Waals surface area contributed by atoms with Gasteiger partial charge in [0, 0.05) is 12.2 Å². The zero-order valence-corrected chi connectivity index (χ0v) is 28.4. The molecule has 256 valence electrons. The molecule has 0 aliphatic carbocycles. The number of hydrogen-bond donors (Lipinski definition) is 3.